The number of likely N-dealkylation sites (tertiary alicyclic amines) is 1. The summed E-state index contributed by atoms with van der Waals surface area (Å²) in [5.41, 5.74) is 0. The van der Waals surface area contributed by atoms with Crippen molar-refractivity contribution in [2.24, 2.45) is 0 Å². The second kappa shape index (κ2) is 6.49. The number of halogens is 5. The predicted molar refractivity (Wildman–Crippen MR) is 52.1 cm³/mol. The summed E-state index contributed by atoms with van der Waals surface area (Å²) in [6, 6.07) is 0. The summed E-state index contributed by atoms with van der Waals surface area (Å²) in [5.74, 6) is 0. The minimum Gasteiger partial charge on any atom is -0.362 e. The average Bonchev–Trinajstić information content (AvgIpc) is 2.23. The molecular weight excluding hydrogens is 245 g/mol. The molecule has 17 heavy (non-hydrogen) atoms. The van der Waals surface area contributed by atoms with Gasteiger partial charge in [0.1, 0.15) is 0 Å². The summed E-state index contributed by atoms with van der Waals surface area (Å²) in [5, 5.41) is 0. The maximum atomic E-state index is 12.1. The molecule has 0 aromatic carbocycles. The van der Waals surface area contributed by atoms with Gasteiger partial charge in [0.25, 0.3) is 6.43 Å². The lowest BCUT2D eigenvalue weighted by Crippen LogP contribution is -2.40. The highest BCUT2D eigenvalue weighted by molar-refractivity contribution is 4.71. The molecule has 0 aliphatic carbocycles. The Bertz CT molecular complexity index is 215. The third-order valence-corrected chi connectivity index (χ3v) is 2.71. The van der Waals surface area contributed by atoms with Crippen molar-refractivity contribution in [1.82, 2.24) is 4.90 Å². The van der Waals surface area contributed by atoms with Crippen molar-refractivity contribution < 1.29 is 26.7 Å². The van der Waals surface area contributed by atoms with Gasteiger partial charge in [0.2, 0.25) is 6.10 Å². The van der Waals surface area contributed by atoms with E-state index in [4.69, 9.17) is 0 Å². The van der Waals surface area contributed by atoms with Crippen LogP contribution in [0.5, 0.6) is 0 Å². The summed E-state index contributed by atoms with van der Waals surface area (Å²) in [6.45, 7) is 1.57. The predicted octanol–water partition coefficient (Wildman–Crippen LogP) is 2.68. The number of hydrogen-bond donors (Lipinski definition) is 0. The Hall–Kier alpha value is -0.430. The molecule has 0 aromatic heterocycles. The fourth-order valence-corrected chi connectivity index (χ4v) is 1.80. The molecule has 0 N–H and O–H groups in total. The molecule has 2 nitrogen and oxygen atoms in total. The highest BCUT2D eigenvalue weighted by atomic mass is 19.4. The zero-order valence-electron chi connectivity index (χ0n) is 9.35. The van der Waals surface area contributed by atoms with E-state index in [-0.39, 0.29) is 13.2 Å². The SMILES string of the molecule is FC(F)C(OCCN1CCCCC1)C(F)(F)F. The van der Waals surface area contributed by atoms with E-state index >= 15 is 0 Å². The summed E-state index contributed by atoms with van der Waals surface area (Å²) in [6.07, 6.45) is -8.39. The summed E-state index contributed by atoms with van der Waals surface area (Å²) < 4.78 is 64.8. The minimum atomic E-state index is -5.00. The second-order valence-electron chi connectivity index (χ2n) is 4.07. The molecule has 0 saturated carbocycles. The van der Waals surface area contributed by atoms with Gasteiger partial charge in [-0.05, 0) is 25.9 Å². The van der Waals surface area contributed by atoms with E-state index in [9.17, 15) is 22.0 Å². The first-order chi connectivity index (χ1) is 7.91. The van der Waals surface area contributed by atoms with Crippen molar-refractivity contribution in [3.8, 4) is 0 Å². The van der Waals surface area contributed by atoms with Gasteiger partial charge in [0.15, 0.2) is 0 Å². The van der Waals surface area contributed by atoms with Gasteiger partial charge in [0.05, 0.1) is 6.61 Å². The van der Waals surface area contributed by atoms with Crippen LogP contribution in [0.3, 0.4) is 0 Å². The fraction of sp³-hybridized carbons (Fsp3) is 1.00. The summed E-state index contributed by atoms with van der Waals surface area (Å²) in [4.78, 5) is 1.93. The van der Waals surface area contributed by atoms with Crippen LogP contribution < -0.4 is 0 Å². The standard InChI is InChI=1S/C10H16F5NO/c11-9(12)8(10(13,14)15)17-7-6-16-4-2-1-3-5-16/h8-9H,1-7H2. The zero-order valence-corrected chi connectivity index (χ0v) is 9.35. The van der Waals surface area contributed by atoms with Crippen LogP contribution in [-0.2, 0) is 4.74 Å². The van der Waals surface area contributed by atoms with Crippen molar-refractivity contribution in [3.05, 3.63) is 0 Å². The molecule has 1 unspecified atom stereocenters. The lowest BCUT2D eigenvalue weighted by atomic mass is 10.1. The molecule has 0 radical (unpaired) electrons. The van der Waals surface area contributed by atoms with E-state index < -0.39 is 18.7 Å². The molecule has 1 atom stereocenters. The maximum absolute atomic E-state index is 12.1. The highest BCUT2D eigenvalue weighted by Gasteiger charge is 2.47. The zero-order chi connectivity index (χ0) is 12.9. The van der Waals surface area contributed by atoms with Crippen molar-refractivity contribution >= 4 is 0 Å². The van der Waals surface area contributed by atoms with Gasteiger partial charge in [-0.15, -0.1) is 0 Å². The molecule has 0 aromatic rings. The lowest BCUT2D eigenvalue weighted by Gasteiger charge is -2.27. The first-order valence-corrected chi connectivity index (χ1v) is 5.60. The Morgan fingerprint density at radius 3 is 2.12 bits per heavy atom. The molecule has 0 bridgehead atoms. The van der Waals surface area contributed by atoms with Crippen LogP contribution in [0.25, 0.3) is 0 Å². The molecule has 1 saturated heterocycles. The average molecular weight is 261 g/mol. The second-order valence-corrected chi connectivity index (χ2v) is 4.07. The number of piperidine rings is 1. The molecule has 7 heteroatoms. The van der Waals surface area contributed by atoms with Crippen LogP contribution in [0.2, 0.25) is 0 Å². The third kappa shape index (κ3) is 5.16. The molecule has 1 fully saturated rings. The number of ether oxygens (including phenoxy) is 1. The minimum absolute atomic E-state index is 0.277. The van der Waals surface area contributed by atoms with Crippen LogP contribution in [0.4, 0.5) is 22.0 Å². The Labute approximate surface area is 96.7 Å². The maximum Gasteiger partial charge on any atom is 0.420 e. The first kappa shape index (κ1) is 14.6. The topological polar surface area (TPSA) is 12.5 Å². The molecule has 0 amide bonds. The van der Waals surface area contributed by atoms with E-state index in [0.717, 1.165) is 32.4 Å². The number of alkyl halides is 5. The summed E-state index contributed by atoms with van der Waals surface area (Å²) in [7, 11) is 0. The Morgan fingerprint density at radius 2 is 1.65 bits per heavy atom. The van der Waals surface area contributed by atoms with Gasteiger partial charge in [-0.2, -0.15) is 13.2 Å². The van der Waals surface area contributed by atoms with Crippen molar-refractivity contribution in [2.75, 3.05) is 26.2 Å². The normalized spacial score (nSPS) is 20.8. The van der Waals surface area contributed by atoms with Crippen LogP contribution in [-0.4, -0.2) is 49.8 Å². The summed E-state index contributed by atoms with van der Waals surface area (Å²) >= 11 is 0. The van der Waals surface area contributed by atoms with Crippen LogP contribution >= 0.6 is 0 Å². The molecule has 1 aliphatic heterocycles. The Kier molecular flexibility index (Phi) is 5.58. The van der Waals surface area contributed by atoms with Gasteiger partial charge in [0, 0.05) is 6.54 Å². The number of hydrogen-bond acceptors (Lipinski definition) is 2. The highest BCUT2D eigenvalue weighted by Crippen LogP contribution is 2.27. The van der Waals surface area contributed by atoms with Crippen molar-refractivity contribution in [2.45, 2.75) is 38.0 Å². The van der Waals surface area contributed by atoms with Crippen LogP contribution in [0.1, 0.15) is 19.3 Å². The van der Waals surface area contributed by atoms with E-state index in [2.05, 4.69) is 4.74 Å². The van der Waals surface area contributed by atoms with E-state index in [1.54, 1.807) is 0 Å². The Balaban J connectivity index is 2.27. The van der Waals surface area contributed by atoms with Crippen molar-refractivity contribution in [3.63, 3.8) is 0 Å². The van der Waals surface area contributed by atoms with Crippen LogP contribution in [0, 0.1) is 0 Å². The van der Waals surface area contributed by atoms with E-state index in [1.807, 2.05) is 4.90 Å². The molecule has 102 valence electrons. The van der Waals surface area contributed by atoms with Gasteiger partial charge in [-0.3, -0.25) is 0 Å². The molecule has 1 aliphatic rings. The van der Waals surface area contributed by atoms with Gasteiger partial charge < -0.3 is 9.64 Å². The van der Waals surface area contributed by atoms with Gasteiger partial charge >= 0.3 is 6.18 Å². The lowest BCUT2D eigenvalue weighted by molar-refractivity contribution is -0.253. The number of nitrogens with zero attached hydrogens (tertiary/aromatic N) is 1. The Morgan fingerprint density at radius 1 is 1.06 bits per heavy atom. The van der Waals surface area contributed by atoms with Gasteiger partial charge in [-0.25, -0.2) is 8.78 Å². The quantitative estimate of drug-likeness (QED) is 0.705. The molecule has 1 rings (SSSR count). The smallest absolute Gasteiger partial charge is 0.362 e. The number of rotatable bonds is 5. The molecule has 0 spiro atoms. The first-order valence-electron chi connectivity index (χ1n) is 5.60. The largest absolute Gasteiger partial charge is 0.420 e. The fourth-order valence-electron chi connectivity index (χ4n) is 1.80. The molecular formula is C10H16F5NO. The monoisotopic (exact) mass is 261 g/mol. The van der Waals surface area contributed by atoms with E-state index in [1.165, 1.54) is 0 Å². The van der Waals surface area contributed by atoms with Gasteiger partial charge in [-0.1, -0.05) is 6.42 Å². The molecule has 1 heterocycles. The van der Waals surface area contributed by atoms with E-state index in [0.29, 0.717) is 0 Å². The van der Waals surface area contributed by atoms with Crippen LogP contribution in [0.15, 0.2) is 0 Å². The van der Waals surface area contributed by atoms with Crippen molar-refractivity contribution in [1.29, 1.82) is 0 Å². The third-order valence-electron chi connectivity index (χ3n) is 2.71.